The van der Waals surface area contributed by atoms with Crippen molar-refractivity contribution in [2.24, 2.45) is 0 Å². The third kappa shape index (κ3) is 4.16. The van der Waals surface area contributed by atoms with Crippen molar-refractivity contribution in [2.45, 2.75) is 23.7 Å². The molecule has 0 bridgehead atoms. The van der Waals surface area contributed by atoms with Crippen LogP contribution in [0.5, 0.6) is 0 Å². The third-order valence-corrected chi connectivity index (χ3v) is 5.41. The lowest BCUT2D eigenvalue weighted by Gasteiger charge is -2.32. The molecule has 1 aromatic heterocycles. The third-order valence-electron chi connectivity index (χ3n) is 4.42. The zero-order valence-corrected chi connectivity index (χ0v) is 14.4. The number of likely N-dealkylation sites (tertiary alicyclic amines) is 1. The van der Waals surface area contributed by atoms with Crippen LogP contribution in [0.3, 0.4) is 0 Å². The van der Waals surface area contributed by atoms with Crippen molar-refractivity contribution in [3.05, 3.63) is 59.9 Å². The van der Waals surface area contributed by atoms with Gasteiger partial charge in [-0.05, 0) is 60.7 Å². The Morgan fingerprint density at radius 3 is 2.42 bits per heavy atom. The largest absolute Gasteiger partial charge is 0.396 e. The fraction of sp³-hybridized carbons (Fsp3) is 0.368. The Balaban J connectivity index is 1.57. The molecule has 1 N–H and O–H groups in total. The summed E-state index contributed by atoms with van der Waals surface area (Å²) in [6.07, 6.45) is 5.67. The molecule has 4 nitrogen and oxygen atoms in total. The summed E-state index contributed by atoms with van der Waals surface area (Å²) in [7, 11) is 0. The molecule has 126 valence electrons. The summed E-state index contributed by atoms with van der Waals surface area (Å²) in [4.78, 5) is 19.7. The molecule has 0 atom stereocenters. The zero-order valence-electron chi connectivity index (χ0n) is 13.6. The number of carbonyl (C=O) groups is 1. The summed E-state index contributed by atoms with van der Waals surface area (Å²) in [6.45, 7) is 1.76. The van der Waals surface area contributed by atoms with Gasteiger partial charge in [-0.3, -0.25) is 9.78 Å². The monoisotopic (exact) mass is 342 g/mol. The van der Waals surface area contributed by atoms with Gasteiger partial charge in [0.2, 0.25) is 0 Å². The van der Waals surface area contributed by atoms with E-state index >= 15 is 0 Å². The molecular weight excluding hydrogens is 320 g/mol. The number of nitrogens with zero attached hydrogens (tertiary/aromatic N) is 2. The standard InChI is InChI=1S/C19H22N2O2S/c22-13-14-24-18-3-1-17(2-4-18)19(23)21-11-7-16(8-12-21)15-5-9-20-10-6-15/h1-6,9-10,16,22H,7-8,11-14H2. The van der Waals surface area contributed by atoms with Gasteiger partial charge in [-0.1, -0.05) is 0 Å². The van der Waals surface area contributed by atoms with Crippen LogP contribution >= 0.6 is 11.8 Å². The van der Waals surface area contributed by atoms with Gasteiger partial charge in [0.25, 0.3) is 5.91 Å². The Hall–Kier alpha value is -1.85. The van der Waals surface area contributed by atoms with Crippen LogP contribution in [0.1, 0.15) is 34.7 Å². The summed E-state index contributed by atoms with van der Waals surface area (Å²) in [5.41, 5.74) is 2.06. The highest BCUT2D eigenvalue weighted by Crippen LogP contribution is 2.28. The van der Waals surface area contributed by atoms with Gasteiger partial charge >= 0.3 is 0 Å². The van der Waals surface area contributed by atoms with Crippen LogP contribution in [0.25, 0.3) is 0 Å². The predicted molar refractivity (Wildman–Crippen MR) is 96.4 cm³/mol. The maximum absolute atomic E-state index is 12.6. The summed E-state index contributed by atoms with van der Waals surface area (Å²) >= 11 is 1.59. The first-order valence-corrected chi connectivity index (χ1v) is 9.29. The predicted octanol–water partition coefficient (Wildman–Crippen LogP) is 3.19. The number of hydrogen-bond acceptors (Lipinski definition) is 4. The molecule has 0 spiro atoms. The van der Waals surface area contributed by atoms with Gasteiger partial charge in [0.15, 0.2) is 0 Å². The van der Waals surface area contributed by atoms with Gasteiger partial charge < -0.3 is 10.0 Å². The Bertz CT molecular complexity index is 653. The first-order chi connectivity index (χ1) is 11.8. The summed E-state index contributed by atoms with van der Waals surface area (Å²) < 4.78 is 0. The molecule has 1 fully saturated rings. The topological polar surface area (TPSA) is 53.4 Å². The molecule has 2 aromatic rings. The molecule has 1 amide bonds. The summed E-state index contributed by atoms with van der Waals surface area (Å²) in [5, 5.41) is 8.86. The highest BCUT2D eigenvalue weighted by atomic mass is 32.2. The Labute approximate surface area is 146 Å². The minimum Gasteiger partial charge on any atom is -0.396 e. The number of pyridine rings is 1. The molecule has 5 heteroatoms. The fourth-order valence-electron chi connectivity index (χ4n) is 3.09. The van der Waals surface area contributed by atoms with Gasteiger partial charge in [-0.25, -0.2) is 0 Å². The van der Waals surface area contributed by atoms with E-state index in [9.17, 15) is 4.79 Å². The highest BCUT2D eigenvalue weighted by molar-refractivity contribution is 7.99. The van der Waals surface area contributed by atoms with Crippen molar-refractivity contribution in [1.82, 2.24) is 9.88 Å². The van der Waals surface area contributed by atoms with Crippen molar-refractivity contribution in [2.75, 3.05) is 25.4 Å². The number of carbonyl (C=O) groups excluding carboxylic acids is 1. The molecule has 0 radical (unpaired) electrons. The molecule has 0 unspecified atom stereocenters. The van der Waals surface area contributed by atoms with Gasteiger partial charge in [0.1, 0.15) is 0 Å². The van der Waals surface area contributed by atoms with E-state index in [0.29, 0.717) is 11.7 Å². The second-order valence-electron chi connectivity index (χ2n) is 5.94. The maximum Gasteiger partial charge on any atom is 0.253 e. The number of aliphatic hydroxyl groups excluding tert-OH is 1. The lowest BCUT2D eigenvalue weighted by molar-refractivity contribution is 0.0713. The SMILES string of the molecule is O=C(c1ccc(SCCO)cc1)N1CCC(c2ccncc2)CC1. The van der Waals surface area contributed by atoms with E-state index in [1.807, 2.05) is 41.6 Å². The van der Waals surface area contributed by atoms with E-state index in [-0.39, 0.29) is 12.5 Å². The Kier molecular flexibility index (Phi) is 5.88. The van der Waals surface area contributed by atoms with E-state index < -0.39 is 0 Å². The van der Waals surface area contributed by atoms with Gasteiger partial charge in [0.05, 0.1) is 6.61 Å². The molecule has 1 aromatic carbocycles. The average Bonchev–Trinajstić information content (AvgIpc) is 2.67. The van der Waals surface area contributed by atoms with Crippen LogP contribution in [0.15, 0.2) is 53.7 Å². The second kappa shape index (κ2) is 8.31. The number of rotatable bonds is 5. The van der Waals surface area contributed by atoms with Crippen LogP contribution in [0.2, 0.25) is 0 Å². The van der Waals surface area contributed by atoms with Crippen LogP contribution in [-0.2, 0) is 0 Å². The van der Waals surface area contributed by atoms with E-state index in [0.717, 1.165) is 36.4 Å². The highest BCUT2D eigenvalue weighted by Gasteiger charge is 2.24. The van der Waals surface area contributed by atoms with Crippen molar-refractivity contribution in [3.8, 4) is 0 Å². The Morgan fingerprint density at radius 2 is 1.79 bits per heavy atom. The summed E-state index contributed by atoms with van der Waals surface area (Å²) in [6, 6.07) is 11.8. The number of hydrogen-bond donors (Lipinski definition) is 1. The lowest BCUT2D eigenvalue weighted by Crippen LogP contribution is -2.37. The first kappa shape index (κ1) is 17.0. The molecule has 1 aliphatic rings. The molecular formula is C19H22N2O2S. The number of piperidine rings is 1. The molecule has 2 heterocycles. The number of thioether (sulfide) groups is 1. The van der Waals surface area contributed by atoms with E-state index in [1.165, 1.54) is 5.56 Å². The van der Waals surface area contributed by atoms with Crippen molar-refractivity contribution < 1.29 is 9.90 Å². The first-order valence-electron chi connectivity index (χ1n) is 8.31. The molecule has 1 saturated heterocycles. The molecule has 0 aliphatic carbocycles. The van der Waals surface area contributed by atoms with Crippen LogP contribution in [-0.4, -0.2) is 46.3 Å². The number of aromatic nitrogens is 1. The minimum atomic E-state index is 0.113. The average molecular weight is 342 g/mol. The van der Waals surface area contributed by atoms with E-state index in [4.69, 9.17) is 5.11 Å². The number of aliphatic hydroxyl groups is 1. The minimum absolute atomic E-state index is 0.113. The zero-order chi connectivity index (χ0) is 16.8. The molecule has 24 heavy (non-hydrogen) atoms. The molecule has 1 aliphatic heterocycles. The van der Waals surface area contributed by atoms with E-state index in [2.05, 4.69) is 17.1 Å². The normalized spacial score (nSPS) is 15.5. The van der Waals surface area contributed by atoms with Crippen molar-refractivity contribution in [3.63, 3.8) is 0 Å². The van der Waals surface area contributed by atoms with Crippen molar-refractivity contribution >= 4 is 17.7 Å². The summed E-state index contributed by atoms with van der Waals surface area (Å²) in [5.74, 6) is 1.31. The quantitative estimate of drug-likeness (QED) is 0.848. The van der Waals surface area contributed by atoms with Crippen LogP contribution in [0.4, 0.5) is 0 Å². The van der Waals surface area contributed by atoms with Crippen LogP contribution in [0, 0.1) is 0 Å². The molecule has 3 rings (SSSR count). The second-order valence-corrected chi connectivity index (χ2v) is 7.11. The lowest BCUT2D eigenvalue weighted by atomic mass is 9.90. The van der Waals surface area contributed by atoms with Gasteiger partial charge in [-0.15, -0.1) is 11.8 Å². The number of amides is 1. The van der Waals surface area contributed by atoms with Gasteiger partial charge in [0, 0.05) is 41.7 Å². The van der Waals surface area contributed by atoms with Crippen molar-refractivity contribution in [1.29, 1.82) is 0 Å². The molecule has 0 saturated carbocycles. The van der Waals surface area contributed by atoms with Crippen LogP contribution < -0.4 is 0 Å². The smallest absolute Gasteiger partial charge is 0.253 e. The Morgan fingerprint density at radius 1 is 1.12 bits per heavy atom. The van der Waals surface area contributed by atoms with E-state index in [1.54, 1.807) is 11.8 Å². The number of benzene rings is 1. The van der Waals surface area contributed by atoms with Gasteiger partial charge in [-0.2, -0.15) is 0 Å². The maximum atomic E-state index is 12.6. The fourth-order valence-corrected chi connectivity index (χ4v) is 3.75.